The minimum Gasteiger partial charge on any atom is -0.349 e. The van der Waals surface area contributed by atoms with Crippen molar-refractivity contribution in [1.82, 2.24) is 0 Å². The van der Waals surface area contributed by atoms with Crippen molar-refractivity contribution >= 4 is 46.4 Å². The molecule has 1 aliphatic rings. The molecule has 0 radical (unpaired) electrons. The summed E-state index contributed by atoms with van der Waals surface area (Å²) in [4.78, 5) is 26.1. The second kappa shape index (κ2) is 6.30. The summed E-state index contributed by atoms with van der Waals surface area (Å²) in [5.41, 5.74) is 2.96. The van der Waals surface area contributed by atoms with Crippen LogP contribution in [0.5, 0.6) is 0 Å². The van der Waals surface area contributed by atoms with Crippen LogP contribution in [-0.2, 0) is 9.59 Å². The zero-order chi connectivity index (χ0) is 17.4. The van der Waals surface area contributed by atoms with Gasteiger partial charge in [-0.15, -0.1) is 0 Å². The smallest absolute Gasteiger partial charge is 0.283 e. The van der Waals surface area contributed by atoms with Crippen molar-refractivity contribution in [3.05, 3.63) is 69.3 Å². The molecule has 24 heavy (non-hydrogen) atoms. The first-order valence-corrected chi connectivity index (χ1v) is 8.03. The Kier molecular flexibility index (Phi) is 4.35. The number of aryl methyl sites for hydroxylation is 1. The van der Waals surface area contributed by atoms with Crippen LogP contribution in [0.4, 0.5) is 11.4 Å². The van der Waals surface area contributed by atoms with Gasteiger partial charge in [0.25, 0.3) is 11.8 Å². The van der Waals surface area contributed by atoms with Gasteiger partial charge in [-0.25, -0.2) is 4.90 Å². The van der Waals surface area contributed by atoms with E-state index in [-0.39, 0.29) is 10.7 Å². The molecule has 0 unspecified atom stereocenters. The third kappa shape index (κ3) is 2.79. The molecule has 6 heteroatoms. The molecule has 0 fully saturated rings. The second-order valence-corrected chi connectivity index (χ2v) is 6.29. The average Bonchev–Trinajstić information content (AvgIpc) is 2.76. The molecule has 122 valence electrons. The number of imide groups is 1. The van der Waals surface area contributed by atoms with Crippen molar-refractivity contribution in [2.45, 2.75) is 13.8 Å². The number of anilines is 2. The Morgan fingerprint density at radius 1 is 0.917 bits per heavy atom. The van der Waals surface area contributed by atoms with E-state index >= 15 is 0 Å². The highest BCUT2D eigenvalue weighted by Crippen LogP contribution is 2.32. The molecule has 1 N–H and O–H groups in total. The summed E-state index contributed by atoms with van der Waals surface area (Å²) in [5, 5.41) is 3.36. The summed E-state index contributed by atoms with van der Waals surface area (Å²) in [7, 11) is 0. The fourth-order valence-electron chi connectivity index (χ4n) is 2.42. The van der Waals surface area contributed by atoms with Crippen LogP contribution in [0.25, 0.3) is 0 Å². The molecule has 0 atom stereocenters. The second-order valence-electron chi connectivity index (χ2n) is 5.51. The zero-order valence-corrected chi connectivity index (χ0v) is 14.6. The molecule has 0 saturated carbocycles. The zero-order valence-electron chi connectivity index (χ0n) is 13.1. The van der Waals surface area contributed by atoms with Crippen LogP contribution in [0, 0.1) is 13.8 Å². The van der Waals surface area contributed by atoms with Crippen LogP contribution in [0.2, 0.25) is 5.02 Å². The van der Waals surface area contributed by atoms with Gasteiger partial charge in [0.05, 0.1) is 5.69 Å². The fourth-order valence-corrected chi connectivity index (χ4v) is 2.80. The molecule has 0 bridgehead atoms. The van der Waals surface area contributed by atoms with Crippen molar-refractivity contribution in [2.24, 2.45) is 0 Å². The lowest BCUT2D eigenvalue weighted by Gasteiger charge is -2.16. The van der Waals surface area contributed by atoms with E-state index in [1.807, 2.05) is 26.0 Å². The molecular weight excluding hydrogens is 347 g/mol. The van der Waals surface area contributed by atoms with Crippen LogP contribution in [-0.4, -0.2) is 11.8 Å². The van der Waals surface area contributed by atoms with E-state index in [9.17, 15) is 9.59 Å². The standard InChI is InChI=1S/C18H14Cl2N2O2/c1-10-6-8-12(9-7-10)22-17(23)15(20)16(18(22)24)21-14-5-3-4-13(19)11(14)2/h3-9,21H,1-2H3. The molecule has 2 aromatic rings. The predicted molar refractivity (Wildman–Crippen MR) is 96.4 cm³/mol. The predicted octanol–water partition coefficient (Wildman–Crippen LogP) is 4.39. The molecular formula is C18H14Cl2N2O2. The van der Waals surface area contributed by atoms with Gasteiger partial charge in [-0.1, -0.05) is 47.0 Å². The Balaban J connectivity index is 1.95. The van der Waals surface area contributed by atoms with E-state index in [0.29, 0.717) is 16.4 Å². The lowest BCUT2D eigenvalue weighted by molar-refractivity contribution is -0.120. The lowest BCUT2D eigenvalue weighted by Crippen LogP contribution is -2.32. The maximum atomic E-state index is 12.7. The number of amides is 2. The van der Waals surface area contributed by atoms with E-state index in [0.717, 1.165) is 16.0 Å². The molecule has 4 nitrogen and oxygen atoms in total. The molecule has 2 amide bonds. The highest BCUT2D eigenvalue weighted by molar-refractivity contribution is 6.53. The number of hydrogen-bond acceptors (Lipinski definition) is 3. The Labute approximate surface area is 149 Å². The molecule has 2 aromatic carbocycles. The van der Waals surface area contributed by atoms with Crippen LogP contribution in [0.15, 0.2) is 53.2 Å². The molecule has 0 saturated heterocycles. The quantitative estimate of drug-likeness (QED) is 0.825. The van der Waals surface area contributed by atoms with Gasteiger partial charge in [-0.05, 0) is 43.7 Å². The van der Waals surface area contributed by atoms with Crippen LogP contribution >= 0.6 is 23.2 Å². The maximum Gasteiger partial charge on any atom is 0.283 e. The minimum atomic E-state index is -0.548. The normalized spacial score (nSPS) is 14.6. The molecule has 1 heterocycles. The van der Waals surface area contributed by atoms with E-state index in [1.54, 1.807) is 30.3 Å². The summed E-state index contributed by atoms with van der Waals surface area (Å²) in [5.74, 6) is -1.04. The highest BCUT2D eigenvalue weighted by Gasteiger charge is 2.39. The number of carbonyl (C=O) groups is 2. The first-order chi connectivity index (χ1) is 11.4. The summed E-state index contributed by atoms with van der Waals surface area (Å²) in [6.45, 7) is 3.75. The van der Waals surface area contributed by atoms with Crippen LogP contribution < -0.4 is 10.2 Å². The third-order valence-electron chi connectivity index (χ3n) is 3.85. The topological polar surface area (TPSA) is 49.4 Å². The van der Waals surface area contributed by atoms with Crippen molar-refractivity contribution in [2.75, 3.05) is 10.2 Å². The highest BCUT2D eigenvalue weighted by atomic mass is 35.5. The van der Waals surface area contributed by atoms with Crippen molar-refractivity contribution in [3.8, 4) is 0 Å². The Morgan fingerprint density at radius 3 is 2.25 bits per heavy atom. The number of hydrogen-bond donors (Lipinski definition) is 1. The summed E-state index contributed by atoms with van der Waals surface area (Å²) in [6, 6.07) is 12.4. The van der Waals surface area contributed by atoms with Gasteiger partial charge in [-0.3, -0.25) is 9.59 Å². The van der Waals surface area contributed by atoms with Gasteiger partial charge in [0.2, 0.25) is 0 Å². The number of halogens is 2. The summed E-state index contributed by atoms with van der Waals surface area (Å²) in [6.07, 6.45) is 0. The molecule has 0 spiro atoms. The monoisotopic (exact) mass is 360 g/mol. The van der Waals surface area contributed by atoms with Crippen molar-refractivity contribution in [1.29, 1.82) is 0 Å². The van der Waals surface area contributed by atoms with Gasteiger partial charge < -0.3 is 5.32 Å². The van der Waals surface area contributed by atoms with Gasteiger partial charge in [0.15, 0.2) is 0 Å². The van der Waals surface area contributed by atoms with E-state index in [4.69, 9.17) is 23.2 Å². The minimum absolute atomic E-state index is 0.0487. The summed E-state index contributed by atoms with van der Waals surface area (Å²) >= 11 is 12.2. The van der Waals surface area contributed by atoms with Crippen molar-refractivity contribution in [3.63, 3.8) is 0 Å². The summed E-state index contributed by atoms with van der Waals surface area (Å²) < 4.78 is 0. The van der Waals surface area contributed by atoms with Crippen molar-refractivity contribution < 1.29 is 9.59 Å². The molecule has 3 rings (SSSR count). The number of nitrogens with zero attached hydrogens (tertiary/aromatic N) is 1. The molecule has 1 aliphatic heterocycles. The van der Waals surface area contributed by atoms with Gasteiger partial charge in [0.1, 0.15) is 10.7 Å². The van der Waals surface area contributed by atoms with E-state index in [1.165, 1.54) is 0 Å². The van der Waals surface area contributed by atoms with Crippen LogP contribution in [0.1, 0.15) is 11.1 Å². The Bertz CT molecular complexity index is 873. The largest absolute Gasteiger partial charge is 0.349 e. The number of nitrogens with one attached hydrogen (secondary N) is 1. The Hall–Kier alpha value is -2.30. The fraction of sp³-hybridized carbons (Fsp3) is 0.111. The van der Waals surface area contributed by atoms with Gasteiger partial charge >= 0.3 is 0 Å². The number of benzene rings is 2. The first kappa shape index (κ1) is 16.6. The van der Waals surface area contributed by atoms with E-state index < -0.39 is 11.8 Å². The van der Waals surface area contributed by atoms with Gasteiger partial charge in [-0.2, -0.15) is 0 Å². The van der Waals surface area contributed by atoms with E-state index in [2.05, 4.69) is 5.32 Å². The third-order valence-corrected chi connectivity index (χ3v) is 4.61. The lowest BCUT2D eigenvalue weighted by atomic mass is 10.2. The SMILES string of the molecule is Cc1ccc(N2C(=O)C(Cl)=C(Nc3cccc(Cl)c3C)C2=O)cc1. The number of carbonyl (C=O) groups excluding carboxylic acids is 2. The maximum absolute atomic E-state index is 12.7. The molecule has 0 aromatic heterocycles. The number of rotatable bonds is 3. The van der Waals surface area contributed by atoms with Gasteiger partial charge in [0, 0.05) is 10.7 Å². The van der Waals surface area contributed by atoms with Crippen LogP contribution in [0.3, 0.4) is 0 Å². The average molecular weight is 361 g/mol. The molecule has 0 aliphatic carbocycles. The Morgan fingerprint density at radius 2 is 1.58 bits per heavy atom. The first-order valence-electron chi connectivity index (χ1n) is 7.27.